The van der Waals surface area contributed by atoms with Gasteiger partial charge < -0.3 is 14.6 Å². The molecule has 35 heavy (non-hydrogen) atoms. The second-order valence-corrected chi connectivity index (χ2v) is 10.9. The van der Waals surface area contributed by atoms with Gasteiger partial charge in [0.2, 0.25) is 0 Å². The summed E-state index contributed by atoms with van der Waals surface area (Å²) in [5, 5.41) is 9.34. The van der Waals surface area contributed by atoms with Gasteiger partial charge >= 0.3 is 8.25 Å². The van der Waals surface area contributed by atoms with Crippen LogP contribution in [0.5, 0.6) is 0 Å². The average Bonchev–Trinajstić information content (AvgIpc) is 3.13. The van der Waals surface area contributed by atoms with Gasteiger partial charge in [-0.15, -0.1) is 9.42 Å². The molecule has 0 aromatic rings. The summed E-state index contributed by atoms with van der Waals surface area (Å²) in [7, 11) is 3.08. The molecule has 0 bridgehead atoms. The molecule has 1 saturated heterocycles. The topological polar surface area (TPSA) is 85.2 Å². The third-order valence-electron chi connectivity index (χ3n) is 7.05. The fraction of sp³-hybridized carbons (Fsp3) is 1.00. The van der Waals surface area contributed by atoms with Gasteiger partial charge in [-0.2, -0.15) is 0 Å². The lowest BCUT2D eigenvalue weighted by Crippen LogP contribution is -2.37. The molecular weight excluding hydrogens is 462 g/mol. The zero-order valence-corrected chi connectivity index (χ0v) is 23.3. The van der Waals surface area contributed by atoms with E-state index < -0.39 is 32.6 Å². The highest BCUT2D eigenvalue weighted by Gasteiger charge is 2.48. The van der Waals surface area contributed by atoms with Gasteiger partial charge in [0.25, 0.3) is 0 Å². The van der Waals surface area contributed by atoms with Gasteiger partial charge in [0.1, 0.15) is 20.1 Å². The second kappa shape index (κ2) is 23.1. The molecule has 1 heterocycles. The van der Waals surface area contributed by atoms with E-state index in [2.05, 4.69) is 6.92 Å². The highest BCUT2D eigenvalue weighted by molar-refractivity contribution is 7.32. The van der Waals surface area contributed by atoms with Crippen LogP contribution >= 0.6 is 8.25 Å². The van der Waals surface area contributed by atoms with Crippen LogP contribution in [0.15, 0.2) is 0 Å². The summed E-state index contributed by atoms with van der Waals surface area (Å²) in [5.74, 6) is 0. The molecule has 1 rings (SSSR count). The average molecular weight is 516 g/mol. The largest absolute Gasteiger partial charge is 0.695 e. The molecule has 0 aromatic carbocycles. The van der Waals surface area contributed by atoms with Crippen molar-refractivity contribution in [3.05, 3.63) is 0 Å². The first-order valence-corrected chi connectivity index (χ1v) is 15.7. The lowest BCUT2D eigenvalue weighted by Gasteiger charge is -2.18. The van der Waals surface area contributed by atoms with Crippen LogP contribution in [-0.2, 0) is 18.6 Å². The minimum atomic E-state index is -2.81. The molecule has 6 nitrogen and oxygen atoms in total. The number of aliphatic hydroxyl groups excluding tert-OH is 1. The Hall–Kier alpha value is -0.0351. The minimum Gasteiger partial charge on any atom is -0.394 e. The van der Waals surface area contributed by atoms with Crippen LogP contribution in [-0.4, -0.2) is 55.4 Å². The van der Waals surface area contributed by atoms with Crippen LogP contribution in [0.4, 0.5) is 0 Å². The summed E-state index contributed by atoms with van der Waals surface area (Å²) < 4.78 is 27.1. The Morgan fingerprint density at radius 1 is 0.714 bits per heavy atom. The Bertz CT molecular complexity index is 498. The zero-order valence-electron chi connectivity index (χ0n) is 22.4. The summed E-state index contributed by atoms with van der Waals surface area (Å²) in [6, 6.07) is -0.766. The number of hydrogen-bond acceptors (Lipinski definition) is 5. The fourth-order valence-corrected chi connectivity index (χ4v) is 5.36. The molecule has 204 valence electrons. The molecule has 0 aliphatic carbocycles. The summed E-state index contributed by atoms with van der Waals surface area (Å²) in [6.45, 7) is 2.45. The first kappa shape index (κ1) is 33.0. The van der Waals surface area contributed by atoms with Crippen molar-refractivity contribution in [3.8, 4) is 0 Å². The third kappa shape index (κ3) is 17.2. The molecular formula is C27H53BO6P+. The van der Waals surface area contributed by atoms with Crippen molar-refractivity contribution >= 4 is 16.1 Å². The zero-order chi connectivity index (χ0) is 25.6. The van der Waals surface area contributed by atoms with E-state index in [0.717, 1.165) is 12.8 Å². The van der Waals surface area contributed by atoms with E-state index >= 15 is 0 Å². The fourth-order valence-electron chi connectivity index (χ4n) is 4.90. The van der Waals surface area contributed by atoms with Crippen molar-refractivity contribution in [1.29, 1.82) is 0 Å². The van der Waals surface area contributed by atoms with Crippen LogP contribution < -0.4 is 0 Å². The summed E-state index contributed by atoms with van der Waals surface area (Å²) >= 11 is 0. The van der Waals surface area contributed by atoms with Gasteiger partial charge in [-0.25, -0.2) is 0 Å². The molecule has 2 radical (unpaired) electrons. The normalized spacial score (nSPS) is 22.7. The predicted octanol–water partition coefficient (Wildman–Crippen LogP) is 7.11. The summed E-state index contributed by atoms with van der Waals surface area (Å²) in [6.07, 6.45) is 24.6. The molecule has 0 aromatic heterocycles. The Labute approximate surface area is 217 Å². The molecule has 2 N–H and O–H groups in total. The Kier molecular flexibility index (Phi) is 21.8. The Balaban J connectivity index is 1.84. The highest BCUT2D eigenvalue weighted by atomic mass is 31.1. The van der Waals surface area contributed by atoms with Crippen LogP contribution in [0.3, 0.4) is 0 Å². The van der Waals surface area contributed by atoms with E-state index in [1.54, 1.807) is 0 Å². The van der Waals surface area contributed by atoms with E-state index in [-0.39, 0.29) is 6.61 Å². The van der Waals surface area contributed by atoms with Crippen molar-refractivity contribution in [3.63, 3.8) is 0 Å². The maximum absolute atomic E-state index is 11.0. The molecule has 0 spiro atoms. The molecule has 5 atom stereocenters. The lowest BCUT2D eigenvalue weighted by atomic mass is 9.93. The number of unbranched alkanes of at least 4 members (excludes halogenated alkanes) is 19. The van der Waals surface area contributed by atoms with Crippen molar-refractivity contribution in [2.24, 2.45) is 0 Å². The maximum Gasteiger partial charge on any atom is 0.695 e. The van der Waals surface area contributed by atoms with Gasteiger partial charge in [-0.05, 0) is 6.42 Å². The van der Waals surface area contributed by atoms with Gasteiger partial charge in [0.05, 0.1) is 6.61 Å². The first-order chi connectivity index (χ1) is 17.1. The van der Waals surface area contributed by atoms with Crippen LogP contribution in [0, 0.1) is 0 Å². The standard InChI is InChI=1S/C27H52BO6P/c1-2-3-4-5-6-7-8-9-10-11-12-13-14-15-16-17-18-19-20-21-22-32-26-25(34-35(30)31)24(23-29)33-27(26)28/h24-27,29H,2-23H2,1H3/p+1/t24-,25?,26?,27-/m1/s1. The monoisotopic (exact) mass is 515 g/mol. The third-order valence-corrected chi connectivity index (χ3v) is 7.47. The van der Waals surface area contributed by atoms with Crippen LogP contribution in [0.1, 0.15) is 135 Å². The van der Waals surface area contributed by atoms with Gasteiger partial charge in [0, 0.05) is 17.2 Å². The van der Waals surface area contributed by atoms with Crippen LogP contribution in [0.2, 0.25) is 0 Å². The molecule has 1 aliphatic heterocycles. The minimum absolute atomic E-state index is 0.333. The number of ether oxygens (including phenoxy) is 2. The van der Waals surface area contributed by atoms with E-state index in [4.69, 9.17) is 26.7 Å². The molecule has 3 unspecified atom stereocenters. The Morgan fingerprint density at radius 3 is 1.49 bits per heavy atom. The maximum atomic E-state index is 11.0. The van der Waals surface area contributed by atoms with Crippen LogP contribution in [0.25, 0.3) is 0 Å². The number of rotatable bonds is 25. The highest BCUT2D eigenvalue weighted by Crippen LogP contribution is 2.31. The van der Waals surface area contributed by atoms with E-state index in [0.29, 0.717) is 6.61 Å². The first-order valence-electron chi connectivity index (χ1n) is 14.6. The van der Waals surface area contributed by atoms with Crippen molar-refractivity contribution in [1.82, 2.24) is 0 Å². The molecule has 8 heteroatoms. The predicted molar refractivity (Wildman–Crippen MR) is 144 cm³/mol. The van der Waals surface area contributed by atoms with E-state index in [1.165, 1.54) is 116 Å². The number of aliphatic hydroxyl groups is 1. The smallest absolute Gasteiger partial charge is 0.394 e. The second-order valence-electron chi connectivity index (χ2n) is 10.2. The van der Waals surface area contributed by atoms with Gasteiger partial charge in [-0.1, -0.05) is 129 Å². The molecule has 0 amide bonds. The van der Waals surface area contributed by atoms with E-state index in [1.807, 2.05) is 0 Å². The molecule has 0 saturated carbocycles. The quantitative estimate of drug-likeness (QED) is 0.0766. The molecule has 1 fully saturated rings. The van der Waals surface area contributed by atoms with Crippen molar-refractivity contribution in [2.75, 3.05) is 13.2 Å². The van der Waals surface area contributed by atoms with Crippen molar-refractivity contribution < 1.29 is 28.6 Å². The summed E-state index contributed by atoms with van der Waals surface area (Å²) in [4.78, 5) is 9.03. The van der Waals surface area contributed by atoms with Gasteiger partial charge in [0.15, 0.2) is 6.10 Å². The van der Waals surface area contributed by atoms with Gasteiger partial charge in [-0.3, -0.25) is 0 Å². The SMILES string of the molecule is [B][C@@H]1O[C@H](CO)C(O[P+](=O)O)C1OCCCCCCCCCCCCCCCCCCCCCC. The van der Waals surface area contributed by atoms with Crippen molar-refractivity contribution in [2.45, 2.75) is 160 Å². The summed E-state index contributed by atoms with van der Waals surface area (Å²) in [5.41, 5.74) is 0. The Morgan fingerprint density at radius 2 is 1.11 bits per heavy atom. The number of hydrogen-bond donors (Lipinski definition) is 2. The van der Waals surface area contributed by atoms with E-state index in [9.17, 15) is 9.67 Å². The lowest BCUT2D eigenvalue weighted by molar-refractivity contribution is -0.0176. The molecule has 1 aliphatic rings.